The van der Waals surface area contributed by atoms with Crippen LogP contribution in [0, 0.1) is 29.6 Å². The first kappa shape index (κ1) is 59.8. The van der Waals surface area contributed by atoms with E-state index in [9.17, 15) is 40.2 Å². The summed E-state index contributed by atoms with van der Waals surface area (Å²) in [7, 11) is 0. The van der Waals surface area contributed by atoms with Crippen LogP contribution >= 0.6 is 0 Å². The lowest BCUT2D eigenvalue weighted by atomic mass is 9.86. The number of carboxylic acid groups (broad SMARTS) is 1. The lowest BCUT2D eigenvalue weighted by Gasteiger charge is -2.47. The number of esters is 1. The Bertz CT molecular complexity index is 1320. The summed E-state index contributed by atoms with van der Waals surface area (Å²) in [5.41, 5.74) is 0. The zero-order valence-corrected chi connectivity index (χ0v) is 42.2. The van der Waals surface area contributed by atoms with Crippen molar-refractivity contribution in [1.82, 2.24) is 0 Å². The number of aliphatic hydroxyl groups is 6. The zero-order valence-electron chi connectivity index (χ0n) is 42.2. The van der Waals surface area contributed by atoms with E-state index in [1.165, 1.54) is 25.7 Å². The number of hydrogen-bond acceptors (Lipinski definition) is 15. The maximum Gasteiger partial charge on any atom is 0.332 e. The number of ether oxygens (including phenoxy) is 7. The summed E-state index contributed by atoms with van der Waals surface area (Å²) < 4.78 is 43.8. The van der Waals surface area contributed by atoms with Crippen LogP contribution in [0.1, 0.15) is 183 Å². The molecule has 0 bridgehead atoms. The fraction of sp³-hybridized carbons (Fsp3) is 0.961. The monoisotopic (exact) mass is 963 g/mol. The standard InChI is InChI=1S/C51H94O16/c1-8-9-23-37(24-22-27-39(53)38(52)25-20-18-16-14-12-10-11-13-15-17-19-21-26-40(54)48(59)60)64-50-46(43(56)33(4)29-62-50)67-51-47(44(57)34(5)30-63-51)66-49-36(7)45(58)35(6)41(65-49)31-61-42(55)28-32(2)3/h32-41,43-47,49-54,56-58H,8-31H2,1-7H3,(H,59,60). The molecule has 0 aromatic carbocycles. The van der Waals surface area contributed by atoms with Gasteiger partial charge in [0.25, 0.3) is 0 Å². The van der Waals surface area contributed by atoms with E-state index in [0.717, 1.165) is 70.6 Å². The predicted molar refractivity (Wildman–Crippen MR) is 252 cm³/mol. The lowest BCUT2D eigenvalue weighted by Crippen LogP contribution is -2.60. The fourth-order valence-electron chi connectivity index (χ4n) is 9.30. The second kappa shape index (κ2) is 32.4. The molecular formula is C51H94O16. The van der Waals surface area contributed by atoms with Gasteiger partial charge in [0.1, 0.15) is 18.8 Å². The van der Waals surface area contributed by atoms with Gasteiger partial charge in [0.2, 0.25) is 0 Å². The van der Waals surface area contributed by atoms with Crippen molar-refractivity contribution < 1.29 is 78.5 Å². The molecule has 0 aromatic heterocycles. The Hall–Kier alpha value is -1.54. The van der Waals surface area contributed by atoms with Gasteiger partial charge in [0, 0.05) is 30.1 Å². The van der Waals surface area contributed by atoms with Crippen LogP contribution in [-0.4, -0.2) is 147 Å². The van der Waals surface area contributed by atoms with Gasteiger partial charge in [-0.1, -0.05) is 138 Å². The number of unbranched alkanes of at least 4 members (excludes halogenated alkanes) is 12. The molecule has 0 aliphatic carbocycles. The molecule has 16 heteroatoms. The van der Waals surface area contributed by atoms with Crippen LogP contribution in [0.15, 0.2) is 0 Å². The maximum absolute atomic E-state index is 12.4. The van der Waals surface area contributed by atoms with Gasteiger partial charge in [-0.25, -0.2) is 4.79 Å². The van der Waals surface area contributed by atoms with Crippen molar-refractivity contribution in [3.8, 4) is 0 Å². The molecule has 3 aliphatic rings. The molecule has 3 saturated heterocycles. The molecule has 67 heavy (non-hydrogen) atoms. The smallest absolute Gasteiger partial charge is 0.332 e. The van der Waals surface area contributed by atoms with Crippen molar-refractivity contribution in [3.63, 3.8) is 0 Å². The van der Waals surface area contributed by atoms with Crippen LogP contribution in [0.3, 0.4) is 0 Å². The van der Waals surface area contributed by atoms with Crippen molar-refractivity contribution >= 4 is 11.9 Å². The molecule has 0 saturated carbocycles. The van der Waals surface area contributed by atoms with E-state index in [1.54, 1.807) is 6.92 Å². The maximum atomic E-state index is 12.4. The lowest BCUT2D eigenvalue weighted by molar-refractivity contribution is -0.369. The molecule has 16 nitrogen and oxygen atoms in total. The normalized spacial score (nSPS) is 32.2. The zero-order chi connectivity index (χ0) is 49.5. The Morgan fingerprint density at radius 3 is 1.61 bits per heavy atom. The van der Waals surface area contributed by atoms with Gasteiger partial charge < -0.3 is 68.9 Å². The quantitative estimate of drug-likeness (QED) is 0.0260. The van der Waals surface area contributed by atoms with Gasteiger partial charge in [0.05, 0.1) is 55.9 Å². The third-order valence-electron chi connectivity index (χ3n) is 14.1. The predicted octanol–water partition coefficient (Wildman–Crippen LogP) is 6.79. The van der Waals surface area contributed by atoms with E-state index in [-0.39, 0.29) is 62.0 Å². The highest BCUT2D eigenvalue weighted by Gasteiger charge is 2.50. The van der Waals surface area contributed by atoms with Crippen LogP contribution < -0.4 is 0 Å². The number of rotatable bonds is 34. The van der Waals surface area contributed by atoms with Crippen LogP contribution in [-0.2, 0) is 42.7 Å². The van der Waals surface area contributed by atoms with E-state index in [0.29, 0.717) is 32.1 Å². The highest BCUT2D eigenvalue weighted by Crippen LogP contribution is 2.36. The third kappa shape index (κ3) is 21.4. The molecular weight excluding hydrogens is 869 g/mol. The van der Waals surface area contributed by atoms with Gasteiger partial charge >= 0.3 is 11.9 Å². The summed E-state index contributed by atoms with van der Waals surface area (Å²) in [4.78, 5) is 23.0. The number of carbonyl (C=O) groups is 2. The number of carbonyl (C=O) groups excluding carboxylic acids is 1. The number of hydrogen-bond donors (Lipinski definition) is 7. The van der Waals surface area contributed by atoms with Crippen molar-refractivity contribution in [3.05, 3.63) is 0 Å². The summed E-state index contributed by atoms with van der Waals surface area (Å²) in [6, 6.07) is 0. The van der Waals surface area contributed by atoms with Gasteiger partial charge in [-0.3, -0.25) is 4.79 Å². The van der Waals surface area contributed by atoms with Gasteiger partial charge in [-0.05, 0) is 44.4 Å². The van der Waals surface area contributed by atoms with Crippen LogP contribution in [0.25, 0.3) is 0 Å². The van der Waals surface area contributed by atoms with Crippen molar-refractivity contribution in [2.24, 2.45) is 29.6 Å². The summed E-state index contributed by atoms with van der Waals surface area (Å²) in [5, 5.41) is 74.0. The molecule has 3 heterocycles. The average Bonchev–Trinajstić information content (AvgIpc) is 3.29. The Morgan fingerprint density at radius 2 is 1.07 bits per heavy atom. The first-order chi connectivity index (χ1) is 31.9. The summed E-state index contributed by atoms with van der Waals surface area (Å²) in [5.74, 6) is -2.86. The SMILES string of the molecule is CCCCC(CCCC(O)C(O)CCCCCCCCCCCCCCC(O)C(=O)O)OC1OCC(C)C(O)C1OC1OCC(C)C(O)C1OC1OC(COC(=O)CC(C)C)C(C)C(O)C1C. The summed E-state index contributed by atoms with van der Waals surface area (Å²) in [6.07, 6.45) is 6.20. The minimum Gasteiger partial charge on any atom is -0.479 e. The topological polar surface area (TPSA) is 240 Å². The highest BCUT2D eigenvalue weighted by molar-refractivity contribution is 5.71. The Kier molecular flexibility index (Phi) is 28.9. The molecule has 0 aromatic rings. The molecule has 0 radical (unpaired) electrons. The molecule has 3 aliphatic heterocycles. The Labute approximate surface area is 402 Å². The molecule has 3 rings (SSSR count). The van der Waals surface area contributed by atoms with Gasteiger partial charge in [-0.2, -0.15) is 0 Å². The van der Waals surface area contributed by atoms with E-state index in [4.69, 9.17) is 38.3 Å². The minimum absolute atomic E-state index is 0.0568. The molecule has 394 valence electrons. The van der Waals surface area contributed by atoms with Crippen molar-refractivity contribution in [1.29, 1.82) is 0 Å². The molecule has 7 N–H and O–H groups in total. The minimum atomic E-state index is -1.24. The van der Waals surface area contributed by atoms with Gasteiger partial charge in [0.15, 0.2) is 25.0 Å². The van der Waals surface area contributed by atoms with E-state index in [1.807, 2.05) is 34.6 Å². The van der Waals surface area contributed by atoms with Crippen LogP contribution in [0.2, 0.25) is 0 Å². The largest absolute Gasteiger partial charge is 0.479 e. The van der Waals surface area contributed by atoms with E-state index in [2.05, 4.69) is 6.92 Å². The second-order valence-electron chi connectivity index (χ2n) is 20.7. The van der Waals surface area contributed by atoms with Gasteiger partial charge in [-0.15, -0.1) is 0 Å². The van der Waals surface area contributed by atoms with Crippen molar-refractivity contribution in [2.45, 2.75) is 263 Å². The summed E-state index contributed by atoms with van der Waals surface area (Å²) >= 11 is 0. The van der Waals surface area contributed by atoms with Crippen LogP contribution in [0.4, 0.5) is 0 Å². The fourth-order valence-corrected chi connectivity index (χ4v) is 9.30. The Morgan fingerprint density at radius 1 is 0.597 bits per heavy atom. The highest BCUT2D eigenvalue weighted by atomic mass is 16.8. The molecule has 3 fully saturated rings. The summed E-state index contributed by atoms with van der Waals surface area (Å²) in [6.45, 7) is 13.6. The first-order valence-electron chi connectivity index (χ1n) is 26.3. The third-order valence-corrected chi connectivity index (χ3v) is 14.1. The number of carboxylic acids is 1. The molecule has 17 unspecified atom stereocenters. The second-order valence-corrected chi connectivity index (χ2v) is 20.7. The van der Waals surface area contributed by atoms with E-state index < -0.39 is 85.7 Å². The molecule has 0 amide bonds. The van der Waals surface area contributed by atoms with Crippen molar-refractivity contribution in [2.75, 3.05) is 19.8 Å². The van der Waals surface area contributed by atoms with Crippen LogP contribution in [0.5, 0.6) is 0 Å². The molecule has 17 atom stereocenters. The van der Waals surface area contributed by atoms with E-state index >= 15 is 0 Å². The number of aliphatic carboxylic acids is 1. The number of aliphatic hydroxyl groups excluding tert-OH is 6. The first-order valence-corrected chi connectivity index (χ1v) is 26.3. The average molecular weight is 963 g/mol. The molecule has 0 spiro atoms. The Balaban J connectivity index is 1.48.